The number of hydrogen-bond acceptors (Lipinski definition) is 2. The fourth-order valence-corrected chi connectivity index (χ4v) is 1.89. The van der Waals surface area contributed by atoms with Crippen molar-refractivity contribution in [2.45, 2.75) is 51.1 Å². The Hall–Kier alpha value is -0.0800. The molecule has 0 aromatic rings. The van der Waals surface area contributed by atoms with Gasteiger partial charge in [0.1, 0.15) is 0 Å². The van der Waals surface area contributed by atoms with Gasteiger partial charge in [-0.25, -0.2) is 0 Å². The quantitative estimate of drug-likeness (QED) is 0.471. The SMILES string of the molecule is CCNC1(N)CCCCCC1. The van der Waals surface area contributed by atoms with Gasteiger partial charge in [-0.15, -0.1) is 0 Å². The molecule has 0 atom stereocenters. The normalized spacial score (nSPS) is 24.5. The van der Waals surface area contributed by atoms with Crippen LogP contribution in [-0.4, -0.2) is 12.2 Å². The molecule has 0 unspecified atom stereocenters. The Morgan fingerprint density at radius 2 is 1.73 bits per heavy atom. The van der Waals surface area contributed by atoms with E-state index in [1.807, 2.05) is 0 Å². The van der Waals surface area contributed by atoms with Crippen LogP contribution in [0.3, 0.4) is 0 Å². The highest BCUT2D eigenvalue weighted by atomic mass is 15.1. The monoisotopic (exact) mass is 156 g/mol. The highest BCUT2D eigenvalue weighted by Gasteiger charge is 2.23. The topological polar surface area (TPSA) is 38.0 Å². The number of nitrogens with one attached hydrogen (secondary N) is 1. The molecule has 0 heterocycles. The van der Waals surface area contributed by atoms with Gasteiger partial charge in [0.25, 0.3) is 0 Å². The Labute approximate surface area is 69.5 Å². The van der Waals surface area contributed by atoms with Crippen molar-refractivity contribution >= 4 is 0 Å². The molecule has 0 bridgehead atoms. The molecule has 0 amide bonds. The summed E-state index contributed by atoms with van der Waals surface area (Å²) in [4.78, 5) is 0. The molecule has 1 aliphatic rings. The lowest BCUT2D eigenvalue weighted by atomic mass is 10.0. The van der Waals surface area contributed by atoms with Crippen LogP contribution in [0.1, 0.15) is 45.4 Å². The molecule has 2 heteroatoms. The summed E-state index contributed by atoms with van der Waals surface area (Å²) in [5, 5.41) is 3.38. The van der Waals surface area contributed by atoms with E-state index in [1.165, 1.54) is 25.7 Å². The molecule has 1 fully saturated rings. The lowest BCUT2D eigenvalue weighted by molar-refractivity contribution is 0.301. The van der Waals surface area contributed by atoms with Gasteiger partial charge in [-0.05, 0) is 19.4 Å². The molecule has 1 saturated carbocycles. The molecular weight excluding hydrogens is 136 g/mol. The zero-order valence-electron chi connectivity index (χ0n) is 7.53. The van der Waals surface area contributed by atoms with E-state index in [1.54, 1.807) is 0 Å². The van der Waals surface area contributed by atoms with Crippen molar-refractivity contribution in [3.63, 3.8) is 0 Å². The first-order valence-electron chi connectivity index (χ1n) is 4.81. The molecule has 0 aliphatic heterocycles. The lowest BCUT2D eigenvalue weighted by Gasteiger charge is -2.28. The Kier molecular flexibility index (Phi) is 3.34. The van der Waals surface area contributed by atoms with E-state index in [-0.39, 0.29) is 5.66 Å². The van der Waals surface area contributed by atoms with Gasteiger partial charge < -0.3 is 5.73 Å². The highest BCUT2D eigenvalue weighted by molar-refractivity contribution is 4.82. The van der Waals surface area contributed by atoms with Gasteiger partial charge in [0.2, 0.25) is 0 Å². The third kappa shape index (κ3) is 2.80. The summed E-state index contributed by atoms with van der Waals surface area (Å²) in [5.74, 6) is 0. The molecule has 11 heavy (non-hydrogen) atoms. The van der Waals surface area contributed by atoms with Gasteiger partial charge in [-0.2, -0.15) is 0 Å². The van der Waals surface area contributed by atoms with E-state index in [0.29, 0.717) is 0 Å². The summed E-state index contributed by atoms with van der Waals surface area (Å²) in [6.45, 7) is 3.12. The van der Waals surface area contributed by atoms with Crippen molar-refractivity contribution in [2.75, 3.05) is 6.54 Å². The van der Waals surface area contributed by atoms with Crippen LogP contribution in [0.25, 0.3) is 0 Å². The largest absolute Gasteiger partial charge is 0.313 e. The highest BCUT2D eigenvalue weighted by Crippen LogP contribution is 2.22. The third-order valence-corrected chi connectivity index (χ3v) is 2.52. The second-order valence-electron chi connectivity index (χ2n) is 3.60. The van der Waals surface area contributed by atoms with Crippen molar-refractivity contribution < 1.29 is 0 Å². The zero-order valence-corrected chi connectivity index (χ0v) is 7.53. The second kappa shape index (κ2) is 4.07. The average molecular weight is 156 g/mol. The first kappa shape index (κ1) is 9.01. The van der Waals surface area contributed by atoms with Crippen LogP contribution in [0.5, 0.6) is 0 Å². The molecule has 1 aliphatic carbocycles. The van der Waals surface area contributed by atoms with Crippen molar-refractivity contribution in [2.24, 2.45) is 5.73 Å². The summed E-state index contributed by atoms with van der Waals surface area (Å²) in [7, 11) is 0. The molecule has 0 radical (unpaired) electrons. The van der Waals surface area contributed by atoms with E-state index < -0.39 is 0 Å². The molecule has 3 N–H and O–H groups in total. The van der Waals surface area contributed by atoms with E-state index >= 15 is 0 Å². The standard InChI is InChI=1S/C9H20N2/c1-2-11-9(10)7-5-3-4-6-8-9/h11H,2-8,10H2,1H3. The van der Waals surface area contributed by atoms with Crippen LogP contribution in [0.15, 0.2) is 0 Å². The van der Waals surface area contributed by atoms with Crippen molar-refractivity contribution in [3.8, 4) is 0 Å². The van der Waals surface area contributed by atoms with Crippen LogP contribution in [0.2, 0.25) is 0 Å². The number of rotatable bonds is 2. The molecule has 1 rings (SSSR count). The Morgan fingerprint density at radius 3 is 2.18 bits per heavy atom. The van der Waals surface area contributed by atoms with Gasteiger partial charge in [0.15, 0.2) is 0 Å². The first-order valence-corrected chi connectivity index (χ1v) is 4.81. The van der Waals surface area contributed by atoms with Crippen LogP contribution in [-0.2, 0) is 0 Å². The van der Waals surface area contributed by atoms with Crippen molar-refractivity contribution in [1.82, 2.24) is 5.32 Å². The zero-order chi connectivity index (χ0) is 8.16. The summed E-state index contributed by atoms with van der Waals surface area (Å²) < 4.78 is 0. The third-order valence-electron chi connectivity index (χ3n) is 2.52. The summed E-state index contributed by atoms with van der Waals surface area (Å²) >= 11 is 0. The first-order chi connectivity index (χ1) is 5.27. The fourth-order valence-electron chi connectivity index (χ4n) is 1.89. The Morgan fingerprint density at radius 1 is 1.18 bits per heavy atom. The van der Waals surface area contributed by atoms with Gasteiger partial charge in [0.05, 0.1) is 5.66 Å². The lowest BCUT2D eigenvalue weighted by Crippen LogP contribution is -2.52. The van der Waals surface area contributed by atoms with Crippen LogP contribution in [0, 0.1) is 0 Å². The second-order valence-corrected chi connectivity index (χ2v) is 3.60. The van der Waals surface area contributed by atoms with E-state index in [2.05, 4.69) is 12.2 Å². The number of nitrogens with two attached hydrogens (primary N) is 1. The van der Waals surface area contributed by atoms with E-state index in [9.17, 15) is 0 Å². The number of hydrogen-bond donors (Lipinski definition) is 2. The maximum atomic E-state index is 6.16. The molecular formula is C9H20N2. The van der Waals surface area contributed by atoms with Gasteiger partial charge in [0, 0.05) is 0 Å². The predicted octanol–water partition coefficient (Wildman–Crippen LogP) is 1.61. The molecule has 0 spiro atoms. The van der Waals surface area contributed by atoms with Gasteiger partial charge in [-0.3, -0.25) is 5.32 Å². The Balaban J connectivity index is 2.38. The Bertz CT molecular complexity index is 104. The summed E-state index contributed by atoms with van der Waals surface area (Å²) in [6.07, 6.45) is 7.63. The average Bonchev–Trinajstić information content (AvgIpc) is 2.15. The predicted molar refractivity (Wildman–Crippen MR) is 48.3 cm³/mol. The molecule has 66 valence electrons. The van der Waals surface area contributed by atoms with Crippen LogP contribution >= 0.6 is 0 Å². The molecule has 2 nitrogen and oxygen atoms in total. The maximum absolute atomic E-state index is 6.16. The molecule has 0 aromatic carbocycles. The van der Waals surface area contributed by atoms with Crippen molar-refractivity contribution in [1.29, 1.82) is 0 Å². The van der Waals surface area contributed by atoms with E-state index in [4.69, 9.17) is 5.73 Å². The molecule has 0 saturated heterocycles. The van der Waals surface area contributed by atoms with Crippen molar-refractivity contribution in [3.05, 3.63) is 0 Å². The van der Waals surface area contributed by atoms with Crippen LogP contribution < -0.4 is 11.1 Å². The maximum Gasteiger partial charge on any atom is 0.0661 e. The minimum atomic E-state index is -0.0365. The fraction of sp³-hybridized carbons (Fsp3) is 1.00. The summed E-state index contributed by atoms with van der Waals surface area (Å²) in [5.41, 5.74) is 6.12. The summed E-state index contributed by atoms with van der Waals surface area (Å²) in [6, 6.07) is 0. The van der Waals surface area contributed by atoms with E-state index in [0.717, 1.165) is 19.4 Å². The minimum Gasteiger partial charge on any atom is -0.313 e. The molecule has 0 aromatic heterocycles. The smallest absolute Gasteiger partial charge is 0.0661 e. The van der Waals surface area contributed by atoms with Gasteiger partial charge in [-0.1, -0.05) is 32.6 Å². The van der Waals surface area contributed by atoms with Gasteiger partial charge >= 0.3 is 0 Å². The minimum absolute atomic E-state index is 0.0365. The van der Waals surface area contributed by atoms with Crippen LogP contribution in [0.4, 0.5) is 0 Å².